The number of hydrogen-bond donors (Lipinski definition) is 3. The molecule has 27 heavy (non-hydrogen) atoms. The molecule has 0 saturated carbocycles. The molecule has 1 saturated heterocycles. The summed E-state index contributed by atoms with van der Waals surface area (Å²) in [5.41, 5.74) is 5.76. The van der Waals surface area contributed by atoms with Gasteiger partial charge in [0.1, 0.15) is 5.69 Å². The number of nitrogens with one attached hydrogen (secondary N) is 2. The van der Waals surface area contributed by atoms with Crippen LogP contribution < -0.4 is 16.4 Å². The number of amides is 2. The maximum Gasteiger partial charge on any atom is 0.292 e. The van der Waals surface area contributed by atoms with Gasteiger partial charge >= 0.3 is 0 Å². The van der Waals surface area contributed by atoms with Gasteiger partial charge in [0.2, 0.25) is 11.8 Å². The van der Waals surface area contributed by atoms with Gasteiger partial charge in [0.25, 0.3) is 5.69 Å². The van der Waals surface area contributed by atoms with E-state index in [1.807, 2.05) is 0 Å². The highest BCUT2D eigenvalue weighted by atomic mass is 35.5. The number of likely N-dealkylation sites (tertiary alicyclic amines) is 1. The highest BCUT2D eigenvalue weighted by molar-refractivity contribution is 5.85. The number of rotatable bonds is 8. The lowest BCUT2D eigenvalue weighted by Crippen LogP contribution is -2.46. The van der Waals surface area contributed by atoms with Crippen LogP contribution in [0.2, 0.25) is 0 Å². The molecule has 0 radical (unpaired) electrons. The largest absolute Gasteiger partial charge is 0.379 e. The fourth-order valence-electron chi connectivity index (χ4n) is 3.00. The van der Waals surface area contributed by atoms with E-state index in [4.69, 9.17) is 5.73 Å². The Morgan fingerprint density at radius 2 is 2.04 bits per heavy atom. The predicted octanol–water partition coefficient (Wildman–Crippen LogP) is 1.13. The van der Waals surface area contributed by atoms with Crippen molar-refractivity contribution < 1.29 is 14.5 Å². The third kappa shape index (κ3) is 6.69. The molecule has 9 nitrogen and oxygen atoms in total. The SMILES string of the molecule is Cl.NCCNC(=O)C1CCCN(C(=O)CCNc2ccccc2[N+](=O)[O-])C1. The Hall–Kier alpha value is -2.39. The number of hydrogen-bond acceptors (Lipinski definition) is 6. The smallest absolute Gasteiger partial charge is 0.292 e. The number of nitrogens with two attached hydrogens (primary N) is 1. The Kier molecular flexibility index (Phi) is 9.52. The fourth-order valence-corrected chi connectivity index (χ4v) is 3.00. The van der Waals surface area contributed by atoms with Gasteiger partial charge in [0, 0.05) is 45.2 Å². The van der Waals surface area contributed by atoms with Crippen molar-refractivity contribution in [2.24, 2.45) is 11.7 Å². The zero-order chi connectivity index (χ0) is 18.9. The molecule has 0 bridgehead atoms. The van der Waals surface area contributed by atoms with Crippen LogP contribution in [0.5, 0.6) is 0 Å². The number of carbonyl (C=O) groups is 2. The van der Waals surface area contributed by atoms with E-state index in [2.05, 4.69) is 10.6 Å². The summed E-state index contributed by atoms with van der Waals surface area (Å²) in [7, 11) is 0. The van der Waals surface area contributed by atoms with Gasteiger partial charge in [-0.05, 0) is 18.9 Å². The maximum absolute atomic E-state index is 12.4. The molecule has 0 aliphatic carbocycles. The molecule has 1 atom stereocenters. The number of halogens is 1. The first-order chi connectivity index (χ1) is 12.5. The summed E-state index contributed by atoms with van der Waals surface area (Å²) in [6.45, 7) is 2.15. The molecule has 2 rings (SSSR count). The van der Waals surface area contributed by atoms with Crippen molar-refractivity contribution in [3.05, 3.63) is 34.4 Å². The van der Waals surface area contributed by atoms with Crippen LogP contribution in [0.1, 0.15) is 19.3 Å². The number of nitro groups is 1. The van der Waals surface area contributed by atoms with Gasteiger partial charge in [-0.15, -0.1) is 12.4 Å². The summed E-state index contributed by atoms with van der Waals surface area (Å²) in [5.74, 6) is -0.333. The summed E-state index contributed by atoms with van der Waals surface area (Å²) >= 11 is 0. The second kappa shape index (κ2) is 11.3. The van der Waals surface area contributed by atoms with Crippen molar-refractivity contribution in [3.63, 3.8) is 0 Å². The Balaban J connectivity index is 0.00000364. The van der Waals surface area contributed by atoms with Crippen LogP contribution in [0, 0.1) is 16.0 Å². The molecule has 1 aromatic carbocycles. The summed E-state index contributed by atoms with van der Waals surface area (Å²) in [6, 6.07) is 6.32. The lowest BCUT2D eigenvalue weighted by atomic mass is 9.97. The number of nitrogens with zero attached hydrogens (tertiary/aromatic N) is 2. The average molecular weight is 400 g/mol. The quantitative estimate of drug-likeness (QED) is 0.443. The fraction of sp³-hybridized carbons (Fsp3) is 0.529. The molecule has 10 heteroatoms. The zero-order valence-corrected chi connectivity index (χ0v) is 15.9. The lowest BCUT2D eigenvalue weighted by Gasteiger charge is -2.32. The Morgan fingerprint density at radius 1 is 1.30 bits per heavy atom. The molecule has 1 fully saturated rings. The molecule has 4 N–H and O–H groups in total. The van der Waals surface area contributed by atoms with Gasteiger partial charge in [-0.3, -0.25) is 19.7 Å². The molecular weight excluding hydrogens is 374 g/mol. The van der Waals surface area contributed by atoms with Crippen LogP contribution in [0.4, 0.5) is 11.4 Å². The molecule has 1 unspecified atom stereocenters. The third-order valence-electron chi connectivity index (χ3n) is 4.34. The monoisotopic (exact) mass is 399 g/mol. The van der Waals surface area contributed by atoms with Crippen LogP contribution in [0.25, 0.3) is 0 Å². The lowest BCUT2D eigenvalue weighted by molar-refractivity contribution is -0.384. The minimum absolute atomic E-state index is 0. The van der Waals surface area contributed by atoms with Gasteiger partial charge in [-0.2, -0.15) is 0 Å². The number of anilines is 1. The van der Waals surface area contributed by atoms with Crippen LogP contribution in [0.15, 0.2) is 24.3 Å². The van der Waals surface area contributed by atoms with E-state index in [1.54, 1.807) is 23.1 Å². The summed E-state index contributed by atoms with van der Waals surface area (Å²) in [6.07, 6.45) is 1.75. The molecule has 1 aliphatic heterocycles. The minimum Gasteiger partial charge on any atom is -0.379 e. The zero-order valence-electron chi connectivity index (χ0n) is 15.1. The van der Waals surface area contributed by atoms with E-state index in [1.165, 1.54) is 6.07 Å². The Morgan fingerprint density at radius 3 is 2.74 bits per heavy atom. The van der Waals surface area contributed by atoms with Crippen LogP contribution in [-0.2, 0) is 9.59 Å². The molecule has 1 heterocycles. The first kappa shape index (κ1) is 22.7. The van der Waals surface area contributed by atoms with Gasteiger partial charge in [0.15, 0.2) is 0 Å². The number of carbonyl (C=O) groups excluding carboxylic acids is 2. The van der Waals surface area contributed by atoms with E-state index in [-0.39, 0.29) is 42.2 Å². The molecule has 150 valence electrons. The first-order valence-corrected chi connectivity index (χ1v) is 8.75. The molecule has 2 amide bonds. The molecular formula is C17H26ClN5O4. The highest BCUT2D eigenvalue weighted by Crippen LogP contribution is 2.23. The first-order valence-electron chi connectivity index (χ1n) is 8.75. The van der Waals surface area contributed by atoms with E-state index in [0.29, 0.717) is 38.4 Å². The summed E-state index contributed by atoms with van der Waals surface area (Å²) < 4.78 is 0. The van der Waals surface area contributed by atoms with Gasteiger partial charge in [0.05, 0.1) is 10.8 Å². The van der Waals surface area contributed by atoms with Crippen LogP contribution in [-0.4, -0.2) is 54.4 Å². The number of benzene rings is 1. The molecule has 1 aliphatic rings. The van der Waals surface area contributed by atoms with E-state index >= 15 is 0 Å². The van der Waals surface area contributed by atoms with Gasteiger partial charge in [-0.1, -0.05) is 12.1 Å². The third-order valence-corrected chi connectivity index (χ3v) is 4.34. The standard InChI is InChI=1S/C17H25N5O4.ClH/c18-8-10-20-17(24)13-4-3-11-21(12-13)16(23)7-9-19-14-5-1-2-6-15(14)22(25)26;/h1-2,5-6,13,19H,3-4,7-12,18H2,(H,20,24);1H. The maximum atomic E-state index is 12.4. The molecule has 1 aromatic rings. The van der Waals surface area contributed by atoms with Crippen molar-refractivity contribution in [2.75, 3.05) is 38.0 Å². The predicted molar refractivity (Wildman–Crippen MR) is 105 cm³/mol. The van der Waals surface area contributed by atoms with Crippen molar-refractivity contribution in [3.8, 4) is 0 Å². The average Bonchev–Trinajstić information content (AvgIpc) is 2.66. The normalized spacial score (nSPS) is 16.2. The number of para-hydroxylation sites is 2. The van der Waals surface area contributed by atoms with Crippen molar-refractivity contribution >= 4 is 35.6 Å². The van der Waals surface area contributed by atoms with E-state index in [9.17, 15) is 19.7 Å². The summed E-state index contributed by atoms with van der Waals surface area (Å²) in [5, 5.41) is 16.7. The van der Waals surface area contributed by atoms with Crippen molar-refractivity contribution in [1.29, 1.82) is 0 Å². The van der Waals surface area contributed by atoms with Crippen molar-refractivity contribution in [1.82, 2.24) is 10.2 Å². The second-order valence-corrected chi connectivity index (χ2v) is 6.21. The summed E-state index contributed by atoms with van der Waals surface area (Å²) in [4.78, 5) is 36.7. The highest BCUT2D eigenvalue weighted by Gasteiger charge is 2.27. The van der Waals surface area contributed by atoms with Crippen molar-refractivity contribution in [2.45, 2.75) is 19.3 Å². The molecule has 0 aromatic heterocycles. The molecule has 0 spiro atoms. The van der Waals surface area contributed by atoms with Crippen LogP contribution >= 0.6 is 12.4 Å². The van der Waals surface area contributed by atoms with Crippen LogP contribution in [0.3, 0.4) is 0 Å². The second-order valence-electron chi connectivity index (χ2n) is 6.21. The number of piperidine rings is 1. The number of nitro benzene ring substituents is 1. The van der Waals surface area contributed by atoms with E-state index in [0.717, 1.165) is 12.8 Å². The topological polar surface area (TPSA) is 131 Å². The Bertz CT molecular complexity index is 658. The van der Waals surface area contributed by atoms with Gasteiger partial charge < -0.3 is 21.3 Å². The van der Waals surface area contributed by atoms with Gasteiger partial charge in [-0.25, -0.2) is 0 Å². The Labute approximate surface area is 164 Å². The minimum atomic E-state index is -0.459. The van der Waals surface area contributed by atoms with E-state index < -0.39 is 4.92 Å².